The van der Waals surface area contributed by atoms with Gasteiger partial charge in [-0.25, -0.2) is 24.1 Å². The first-order valence-corrected chi connectivity index (χ1v) is 11.1. The number of carbonyl (C=O) groups is 1. The lowest BCUT2D eigenvalue weighted by atomic mass is 10.2. The number of benzene rings is 1. The average Bonchev–Trinajstić information content (AvgIpc) is 3.37. The average molecular weight is 508 g/mol. The first-order valence-electron chi connectivity index (χ1n) is 9.48. The van der Waals surface area contributed by atoms with Gasteiger partial charge in [0, 0.05) is 15.4 Å². The van der Waals surface area contributed by atoms with E-state index in [1.54, 1.807) is 0 Å². The summed E-state index contributed by atoms with van der Waals surface area (Å²) in [5.41, 5.74) is 1.84. The second-order valence-corrected chi connectivity index (χ2v) is 8.87. The van der Waals surface area contributed by atoms with Crippen molar-refractivity contribution >= 4 is 45.1 Å². The minimum atomic E-state index is -0.913. The molecule has 3 aromatic rings. The highest BCUT2D eigenvalue weighted by atomic mass is 79.9. The molecule has 0 bridgehead atoms. The van der Waals surface area contributed by atoms with Crippen molar-refractivity contribution in [2.45, 2.75) is 32.0 Å². The van der Waals surface area contributed by atoms with Crippen LogP contribution in [0.1, 0.15) is 24.9 Å². The van der Waals surface area contributed by atoms with Crippen LogP contribution in [-0.2, 0) is 4.74 Å². The fraction of sp³-hybridized carbons (Fsp3) is 0.300. The first kappa shape index (κ1) is 21.6. The van der Waals surface area contributed by atoms with Crippen molar-refractivity contribution in [3.63, 3.8) is 0 Å². The zero-order valence-corrected chi connectivity index (χ0v) is 19.0. The predicted molar refractivity (Wildman–Crippen MR) is 119 cm³/mol. The van der Waals surface area contributed by atoms with Gasteiger partial charge in [-0.05, 0) is 26.0 Å². The minimum Gasteiger partial charge on any atom is -0.447 e. The summed E-state index contributed by atoms with van der Waals surface area (Å²) in [5, 5.41) is 15.8. The number of nitrogens with one attached hydrogen (secondary N) is 1. The van der Waals surface area contributed by atoms with Crippen molar-refractivity contribution in [2.24, 2.45) is 0 Å². The van der Waals surface area contributed by atoms with Crippen LogP contribution in [0.25, 0.3) is 11.3 Å². The largest absolute Gasteiger partial charge is 0.447 e. The van der Waals surface area contributed by atoms with Gasteiger partial charge < -0.3 is 15.2 Å². The number of thiazole rings is 1. The fourth-order valence-electron chi connectivity index (χ4n) is 3.13. The zero-order valence-electron chi connectivity index (χ0n) is 16.6. The topological polar surface area (TPSA) is 100 Å². The van der Waals surface area contributed by atoms with Crippen LogP contribution in [0.4, 0.5) is 21.0 Å². The molecule has 0 aliphatic carbocycles. The minimum absolute atomic E-state index is 0.0446. The van der Waals surface area contributed by atoms with E-state index < -0.39 is 24.1 Å². The molecular weight excluding hydrogens is 489 g/mol. The van der Waals surface area contributed by atoms with Gasteiger partial charge in [0.1, 0.15) is 17.7 Å². The van der Waals surface area contributed by atoms with Crippen molar-refractivity contribution in [1.82, 2.24) is 15.0 Å². The predicted octanol–water partition coefficient (Wildman–Crippen LogP) is 4.38. The molecule has 2 aromatic heterocycles. The number of aliphatic hydroxyl groups excluding tert-OH is 1. The number of rotatable bonds is 6. The van der Waals surface area contributed by atoms with Crippen LogP contribution in [0.5, 0.6) is 0 Å². The van der Waals surface area contributed by atoms with Crippen LogP contribution in [0.3, 0.4) is 0 Å². The summed E-state index contributed by atoms with van der Waals surface area (Å²) in [4.78, 5) is 25.9. The first-order chi connectivity index (χ1) is 14.8. The molecule has 2 N–H and O–H groups in total. The number of aromatic nitrogens is 3. The number of cyclic esters (lactones) is 1. The van der Waals surface area contributed by atoms with Crippen LogP contribution in [-0.4, -0.2) is 44.9 Å². The molecule has 3 atom stereocenters. The van der Waals surface area contributed by atoms with Crippen LogP contribution in [0.15, 0.2) is 40.3 Å². The standard InChI is InChI=1S/C20H19BrFN5O3S/c1-10(18-25-15(9-31-18)12-3-5-13(21)6-4-12)24-19-23-7-14(22)17(26-19)27-16(11(2)28)8-30-20(27)29/h3-7,9-11,16,28H,8H2,1-2H3,(H,23,24,26)/t10-,11+,16?/m0/s1. The van der Waals surface area contributed by atoms with Crippen LogP contribution < -0.4 is 10.2 Å². The van der Waals surface area contributed by atoms with Gasteiger partial charge in [0.05, 0.1) is 24.0 Å². The quantitative estimate of drug-likeness (QED) is 0.510. The molecule has 0 saturated carbocycles. The van der Waals surface area contributed by atoms with Crippen molar-refractivity contribution in [3.05, 3.63) is 51.1 Å². The maximum Gasteiger partial charge on any atom is 0.416 e. The summed E-state index contributed by atoms with van der Waals surface area (Å²) in [5.74, 6) is -0.893. The SMILES string of the molecule is C[C@H](Nc1ncc(F)c(N2C(=O)OCC2[C@@H](C)O)n1)c1nc(-c2ccc(Br)cc2)cs1. The van der Waals surface area contributed by atoms with Gasteiger partial charge in [-0.3, -0.25) is 0 Å². The molecule has 1 amide bonds. The Morgan fingerprint density at radius 1 is 1.32 bits per heavy atom. The molecule has 1 unspecified atom stereocenters. The van der Waals surface area contributed by atoms with Gasteiger partial charge in [-0.1, -0.05) is 28.1 Å². The summed E-state index contributed by atoms with van der Waals surface area (Å²) in [6.45, 7) is 3.35. The molecule has 162 valence electrons. The third-order valence-corrected chi connectivity index (χ3v) is 6.35. The summed E-state index contributed by atoms with van der Waals surface area (Å²) < 4.78 is 20.4. The summed E-state index contributed by atoms with van der Waals surface area (Å²) in [6, 6.07) is 6.87. The number of carbonyl (C=O) groups excluding carboxylic acids is 1. The van der Waals surface area contributed by atoms with E-state index in [0.29, 0.717) is 0 Å². The highest BCUT2D eigenvalue weighted by Crippen LogP contribution is 2.30. The number of ether oxygens (including phenoxy) is 1. The Labute approximate surface area is 190 Å². The Morgan fingerprint density at radius 3 is 2.77 bits per heavy atom. The summed E-state index contributed by atoms with van der Waals surface area (Å²) >= 11 is 4.90. The van der Waals surface area contributed by atoms with Crippen LogP contribution in [0.2, 0.25) is 0 Å². The van der Waals surface area contributed by atoms with Gasteiger partial charge in [-0.15, -0.1) is 11.3 Å². The molecular formula is C20H19BrFN5O3S. The maximum absolute atomic E-state index is 14.4. The summed E-state index contributed by atoms with van der Waals surface area (Å²) in [6.07, 6.45) is -0.693. The third kappa shape index (κ3) is 4.53. The van der Waals surface area contributed by atoms with E-state index in [0.717, 1.165) is 31.8 Å². The molecule has 1 fully saturated rings. The van der Waals surface area contributed by atoms with E-state index in [2.05, 4.69) is 36.2 Å². The Hall–Kier alpha value is -2.63. The number of anilines is 2. The lowest BCUT2D eigenvalue weighted by Crippen LogP contribution is -2.42. The van der Waals surface area contributed by atoms with Gasteiger partial charge in [-0.2, -0.15) is 4.98 Å². The van der Waals surface area contributed by atoms with Gasteiger partial charge in [0.15, 0.2) is 11.6 Å². The van der Waals surface area contributed by atoms with E-state index in [1.807, 2.05) is 36.6 Å². The smallest absolute Gasteiger partial charge is 0.416 e. The number of amides is 1. The van der Waals surface area contributed by atoms with Gasteiger partial charge in [0.2, 0.25) is 5.95 Å². The number of aliphatic hydroxyl groups is 1. The highest BCUT2D eigenvalue weighted by molar-refractivity contribution is 9.10. The Balaban J connectivity index is 1.54. The molecule has 1 saturated heterocycles. The highest BCUT2D eigenvalue weighted by Gasteiger charge is 2.39. The van der Waals surface area contributed by atoms with E-state index >= 15 is 0 Å². The third-order valence-electron chi connectivity index (χ3n) is 4.79. The lowest BCUT2D eigenvalue weighted by Gasteiger charge is -2.23. The molecule has 3 heterocycles. The number of hydrogen-bond acceptors (Lipinski definition) is 8. The van der Waals surface area contributed by atoms with Crippen molar-refractivity contribution in [2.75, 3.05) is 16.8 Å². The number of nitrogens with zero attached hydrogens (tertiary/aromatic N) is 4. The molecule has 0 spiro atoms. The second kappa shape index (κ2) is 8.85. The van der Waals surface area contributed by atoms with E-state index in [-0.39, 0.29) is 24.4 Å². The zero-order chi connectivity index (χ0) is 22.1. The van der Waals surface area contributed by atoms with E-state index in [1.165, 1.54) is 18.3 Å². The molecule has 8 nitrogen and oxygen atoms in total. The fourth-order valence-corrected chi connectivity index (χ4v) is 4.23. The normalized spacial score (nSPS) is 18.0. The molecule has 11 heteroatoms. The molecule has 0 radical (unpaired) electrons. The van der Waals surface area contributed by atoms with Crippen LogP contribution >= 0.6 is 27.3 Å². The van der Waals surface area contributed by atoms with Gasteiger partial charge in [0.25, 0.3) is 0 Å². The monoisotopic (exact) mass is 507 g/mol. The van der Waals surface area contributed by atoms with Crippen molar-refractivity contribution in [1.29, 1.82) is 0 Å². The van der Waals surface area contributed by atoms with Crippen LogP contribution in [0, 0.1) is 5.82 Å². The molecule has 1 aliphatic rings. The lowest BCUT2D eigenvalue weighted by molar-refractivity contribution is 0.142. The summed E-state index contributed by atoms with van der Waals surface area (Å²) in [7, 11) is 0. The van der Waals surface area contributed by atoms with Crippen molar-refractivity contribution < 1.29 is 19.0 Å². The number of halogens is 2. The number of hydrogen-bond donors (Lipinski definition) is 2. The second-order valence-electron chi connectivity index (χ2n) is 7.06. The van der Waals surface area contributed by atoms with E-state index in [9.17, 15) is 14.3 Å². The van der Waals surface area contributed by atoms with Gasteiger partial charge >= 0.3 is 6.09 Å². The molecule has 1 aliphatic heterocycles. The molecule has 1 aromatic carbocycles. The maximum atomic E-state index is 14.4. The molecule has 4 rings (SSSR count). The van der Waals surface area contributed by atoms with Crippen molar-refractivity contribution in [3.8, 4) is 11.3 Å². The Bertz CT molecular complexity index is 1090. The molecule has 31 heavy (non-hydrogen) atoms. The van der Waals surface area contributed by atoms with E-state index in [4.69, 9.17) is 4.74 Å². The Morgan fingerprint density at radius 2 is 2.06 bits per heavy atom. The Kier molecular flexibility index (Phi) is 6.17.